The third-order valence-corrected chi connectivity index (χ3v) is 4.67. The first-order valence-corrected chi connectivity index (χ1v) is 8.45. The first-order valence-electron chi connectivity index (χ1n) is 8.45. The molecule has 0 spiro atoms. The van der Waals surface area contributed by atoms with E-state index in [1.165, 1.54) is 32.6 Å². The maximum Gasteiger partial charge on any atom is 0.239 e. The van der Waals surface area contributed by atoms with Crippen LogP contribution in [-0.4, -0.2) is 24.4 Å². The maximum atomic E-state index is 12.2. The van der Waals surface area contributed by atoms with Crippen LogP contribution < -0.4 is 16.0 Å². The van der Waals surface area contributed by atoms with Crippen molar-refractivity contribution in [2.75, 3.05) is 17.2 Å². The zero-order chi connectivity index (χ0) is 16.4. The zero-order valence-corrected chi connectivity index (χ0v) is 13.8. The van der Waals surface area contributed by atoms with E-state index < -0.39 is 0 Å². The molecule has 0 radical (unpaired) electrons. The normalized spacial score (nSPS) is 17.0. The molecule has 2 fully saturated rings. The van der Waals surface area contributed by atoms with E-state index in [-0.39, 0.29) is 18.4 Å². The standard InChI is InChI=1S/C18H25N3O2/c1-11-15(4-3-5-16(11)20-12(2)22)19-10-17(23)21-18(13-6-7-13)14-8-9-14/h3-5,13-14,18-19H,6-10H2,1-2H3,(H,20,22)(H,21,23). The summed E-state index contributed by atoms with van der Waals surface area (Å²) in [5.41, 5.74) is 2.59. The minimum absolute atomic E-state index is 0.0538. The lowest BCUT2D eigenvalue weighted by Crippen LogP contribution is -2.41. The van der Waals surface area contributed by atoms with Gasteiger partial charge in [0.1, 0.15) is 0 Å². The molecule has 5 heteroatoms. The van der Waals surface area contributed by atoms with Gasteiger partial charge >= 0.3 is 0 Å². The summed E-state index contributed by atoms with van der Waals surface area (Å²) in [7, 11) is 0. The molecule has 0 unspecified atom stereocenters. The lowest BCUT2D eigenvalue weighted by atomic mass is 10.1. The number of carbonyl (C=O) groups excluding carboxylic acids is 2. The van der Waals surface area contributed by atoms with Gasteiger partial charge in [-0.15, -0.1) is 0 Å². The van der Waals surface area contributed by atoms with Crippen LogP contribution in [0, 0.1) is 18.8 Å². The Bertz CT molecular complexity index is 594. The molecule has 0 atom stereocenters. The van der Waals surface area contributed by atoms with Gasteiger partial charge in [-0.1, -0.05) is 6.07 Å². The molecule has 3 N–H and O–H groups in total. The van der Waals surface area contributed by atoms with Crippen LogP contribution in [0.1, 0.15) is 38.2 Å². The van der Waals surface area contributed by atoms with E-state index >= 15 is 0 Å². The maximum absolute atomic E-state index is 12.2. The van der Waals surface area contributed by atoms with E-state index in [0.717, 1.165) is 16.9 Å². The van der Waals surface area contributed by atoms with E-state index in [2.05, 4.69) is 16.0 Å². The van der Waals surface area contributed by atoms with E-state index in [1.807, 2.05) is 25.1 Å². The second kappa shape index (κ2) is 6.60. The predicted molar refractivity (Wildman–Crippen MR) is 91.4 cm³/mol. The average Bonchev–Trinajstić information content (AvgIpc) is 3.38. The van der Waals surface area contributed by atoms with Gasteiger partial charge in [0.15, 0.2) is 0 Å². The number of anilines is 2. The Balaban J connectivity index is 1.55. The molecule has 0 saturated heterocycles. The number of carbonyl (C=O) groups is 2. The summed E-state index contributed by atoms with van der Waals surface area (Å²) in [5.74, 6) is 1.37. The molecule has 0 aliphatic heterocycles. The molecule has 124 valence electrons. The highest BCUT2D eigenvalue weighted by atomic mass is 16.2. The van der Waals surface area contributed by atoms with Crippen LogP contribution >= 0.6 is 0 Å². The third-order valence-electron chi connectivity index (χ3n) is 4.67. The number of nitrogens with one attached hydrogen (secondary N) is 3. The van der Waals surface area contributed by atoms with E-state index in [4.69, 9.17) is 0 Å². The lowest BCUT2D eigenvalue weighted by Gasteiger charge is -2.19. The molecule has 5 nitrogen and oxygen atoms in total. The Hall–Kier alpha value is -2.04. The number of amides is 2. The van der Waals surface area contributed by atoms with Crippen LogP contribution in [0.3, 0.4) is 0 Å². The van der Waals surface area contributed by atoms with Crippen molar-refractivity contribution in [1.82, 2.24) is 5.32 Å². The molecular formula is C18H25N3O2. The Morgan fingerprint density at radius 1 is 1.13 bits per heavy atom. The monoisotopic (exact) mass is 315 g/mol. The molecule has 0 bridgehead atoms. The highest BCUT2D eigenvalue weighted by Crippen LogP contribution is 2.44. The fraction of sp³-hybridized carbons (Fsp3) is 0.556. The first-order chi connectivity index (χ1) is 11.0. The van der Waals surface area contributed by atoms with Crippen LogP contribution in [0.2, 0.25) is 0 Å². The second-order valence-corrected chi connectivity index (χ2v) is 6.78. The Morgan fingerprint density at radius 3 is 2.30 bits per heavy atom. The molecule has 2 aliphatic rings. The molecule has 2 amide bonds. The minimum atomic E-state index is -0.0975. The molecule has 2 saturated carbocycles. The van der Waals surface area contributed by atoms with Crippen LogP contribution in [-0.2, 0) is 9.59 Å². The van der Waals surface area contributed by atoms with E-state index in [1.54, 1.807) is 0 Å². The molecule has 2 aliphatic carbocycles. The van der Waals surface area contributed by atoms with Gasteiger partial charge in [0.25, 0.3) is 0 Å². The Labute approximate surface area is 137 Å². The van der Waals surface area contributed by atoms with E-state index in [0.29, 0.717) is 17.9 Å². The van der Waals surface area contributed by atoms with E-state index in [9.17, 15) is 9.59 Å². The number of benzene rings is 1. The smallest absolute Gasteiger partial charge is 0.239 e. The fourth-order valence-corrected chi connectivity index (χ4v) is 3.10. The highest BCUT2D eigenvalue weighted by molar-refractivity contribution is 5.91. The second-order valence-electron chi connectivity index (χ2n) is 6.78. The van der Waals surface area contributed by atoms with Gasteiger partial charge < -0.3 is 16.0 Å². The summed E-state index contributed by atoms with van der Waals surface area (Å²) < 4.78 is 0. The molecular weight excluding hydrogens is 290 g/mol. The third kappa shape index (κ3) is 4.24. The molecule has 1 aromatic rings. The lowest BCUT2D eigenvalue weighted by molar-refractivity contribution is -0.120. The first kappa shape index (κ1) is 15.8. The minimum Gasteiger partial charge on any atom is -0.376 e. The summed E-state index contributed by atoms with van der Waals surface area (Å²) in [4.78, 5) is 23.4. The largest absolute Gasteiger partial charge is 0.376 e. The van der Waals surface area contributed by atoms with Crippen LogP contribution in [0.5, 0.6) is 0 Å². The molecule has 1 aromatic carbocycles. The summed E-state index contributed by atoms with van der Waals surface area (Å²) in [6.45, 7) is 3.69. The van der Waals surface area contributed by atoms with Crippen molar-refractivity contribution < 1.29 is 9.59 Å². The van der Waals surface area contributed by atoms with Crippen molar-refractivity contribution in [2.45, 2.75) is 45.6 Å². The van der Waals surface area contributed by atoms with Gasteiger partial charge in [0.2, 0.25) is 11.8 Å². The van der Waals surface area contributed by atoms with Crippen LogP contribution in [0.4, 0.5) is 11.4 Å². The molecule has 23 heavy (non-hydrogen) atoms. The number of rotatable bonds is 7. The quantitative estimate of drug-likeness (QED) is 0.724. The van der Waals surface area contributed by atoms with Crippen molar-refractivity contribution >= 4 is 23.2 Å². The van der Waals surface area contributed by atoms with Crippen molar-refractivity contribution in [2.24, 2.45) is 11.8 Å². The average molecular weight is 315 g/mol. The SMILES string of the molecule is CC(=O)Nc1cccc(NCC(=O)NC(C2CC2)C2CC2)c1C. The van der Waals surface area contributed by atoms with Gasteiger partial charge in [0.05, 0.1) is 6.54 Å². The zero-order valence-electron chi connectivity index (χ0n) is 13.8. The van der Waals surface area contributed by atoms with Crippen molar-refractivity contribution in [3.8, 4) is 0 Å². The van der Waals surface area contributed by atoms with Gasteiger partial charge in [-0.2, -0.15) is 0 Å². The predicted octanol–water partition coefficient (Wildman–Crippen LogP) is 2.67. The Morgan fingerprint density at radius 2 is 1.74 bits per heavy atom. The Kier molecular flexibility index (Phi) is 4.55. The fourth-order valence-electron chi connectivity index (χ4n) is 3.10. The van der Waals surface area contributed by atoms with Crippen molar-refractivity contribution in [3.63, 3.8) is 0 Å². The topological polar surface area (TPSA) is 70.2 Å². The summed E-state index contributed by atoms with van der Waals surface area (Å²) in [5, 5.41) is 9.19. The van der Waals surface area contributed by atoms with Crippen LogP contribution in [0.15, 0.2) is 18.2 Å². The summed E-state index contributed by atoms with van der Waals surface area (Å²) >= 11 is 0. The number of hydrogen-bond donors (Lipinski definition) is 3. The van der Waals surface area contributed by atoms with Gasteiger partial charge in [-0.25, -0.2) is 0 Å². The number of hydrogen-bond acceptors (Lipinski definition) is 3. The van der Waals surface area contributed by atoms with Crippen LogP contribution in [0.25, 0.3) is 0 Å². The van der Waals surface area contributed by atoms with Gasteiger partial charge in [-0.05, 0) is 62.1 Å². The molecule has 3 rings (SSSR count). The van der Waals surface area contributed by atoms with Crippen molar-refractivity contribution in [1.29, 1.82) is 0 Å². The van der Waals surface area contributed by atoms with Gasteiger partial charge in [0, 0.05) is 24.3 Å². The molecule has 0 heterocycles. The summed E-state index contributed by atoms with van der Waals surface area (Å²) in [6.07, 6.45) is 5.03. The van der Waals surface area contributed by atoms with Crippen molar-refractivity contribution in [3.05, 3.63) is 23.8 Å². The van der Waals surface area contributed by atoms with Gasteiger partial charge in [-0.3, -0.25) is 9.59 Å². The highest BCUT2D eigenvalue weighted by Gasteiger charge is 2.42. The summed E-state index contributed by atoms with van der Waals surface area (Å²) in [6, 6.07) is 6.04. The molecule has 0 aromatic heterocycles.